The van der Waals surface area contributed by atoms with Crippen LogP contribution in [-0.4, -0.2) is 43.9 Å². The van der Waals surface area contributed by atoms with Crippen LogP contribution in [0.3, 0.4) is 0 Å². The second kappa shape index (κ2) is 5.02. The molecule has 0 aliphatic rings. The zero-order valence-electron chi connectivity index (χ0n) is 8.17. The lowest BCUT2D eigenvalue weighted by Crippen LogP contribution is -2.39. The van der Waals surface area contributed by atoms with Gasteiger partial charge in [0.1, 0.15) is 0 Å². The van der Waals surface area contributed by atoms with Gasteiger partial charge in [0.25, 0.3) is 5.91 Å². The van der Waals surface area contributed by atoms with E-state index in [1.54, 1.807) is 4.90 Å². The van der Waals surface area contributed by atoms with Gasteiger partial charge >= 0.3 is 0 Å². The van der Waals surface area contributed by atoms with E-state index in [-0.39, 0.29) is 18.6 Å². The molecule has 0 spiro atoms. The second-order valence-electron chi connectivity index (χ2n) is 3.11. The predicted octanol–water partition coefficient (Wildman–Crippen LogP) is 0.381. The van der Waals surface area contributed by atoms with Gasteiger partial charge in [0.2, 0.25) is 0 Å². The van der Waals surface area contributed by atoms with Crippen LogP contribution in [0.4, 0.5) is 0 Å². The van der Waals surface area contributed by atoms with E-state index in [0.717, 1.165) is 11.7 Å². The van der Waals surface area contributed by atoms with Gasteiger partial charge in [0.05, 0.1) is 24.5 Å². The number of hydrogen-bond donors (Lipinski definition) is 1. The predicted molar refractivity (Wildman–Crippen MR) is 53.2 cm³/mol. The molecule has 0 saturated heterocycles. The molecule has 1 rings (SSSR count). The molecule has 0 aromatic carbocycles. The van der Waals surface area contributed by atoms with Gasteiger partial charge in [-0.05, 0) is 13.8 Å². The van der Waals surface area contributed by atoms with E-state index in [2.05, 4.69) is 8.75 Å². The van der Waals surface area contributed by atoms with E-state index in [4.69, 9.17) is 5.11 Å². The first-order valence-electron chi connectivity index (χ1n) is 4.36. The average Bonchev–Trinajstić information content (AvgIpc) is 2.65. The van der Waals surface area contributed by atoms with Crippen LogP contribution in [0.2, 0.25) is 0 Å². The van der Waals surface area contributed by atoms with Crippen molar-refractivity contribution in [2.24, 2.45) is 0 Å². The standard InChI is InChI=1S/C8H13N3O2S/c1-6(2)11(3-4-12)8(13)7-5-9-14-10-7/h5-6,12H,3-4H2,1-2H3. The summed E-state index contributed by atoms with van der Waals surface area (Å²) in [6, 6.07) is 0.0522. The van der Waals surface area contributed by atoms with Gasteiger partial charge in [-0.3, -0.25) is 4.79 Å². The zero-order chi connectivity index (χ0) is 10.6. The number of aliphatic hydroxyl groups is 1. The number of aliphatic hydroxyl groups excluding tert-OH is 1. The molecule has 78 valence electrons. The third-order valence-electron chi connectivity index (χ3n) is 1.81. The van der Waals surface area contributed by atoms with Crippen molar-refractivity contribution in [1.29, 1.82) is 0 Å². The number of carbonyl (C=O) groups excluding carboxylic acids is 1. The van der Waals surface area contributed by atoms with Crippen LogP contribution >= 0.6 is 11.7 Å². The quantitative estimate of drug-likeness (QED) is 0.788. The zero-order valence-corrected chi connectivity index (χ0v) is 8.99. The van der Waals surface area contributed by atoms with Crippen molar-refractivity contribution in [3.05, 3.63) is 11.9 Å². The Bertz CT molecular complexity index is 287. The van der Waals surface area contributed by atoms with E-state index >= 15 is 0 Å². The van der Waals surface area contributed by atoms with Gasteiger partial charge in [-0.2, -0.15) is 8.75 Å². The number of carbonyl (C=O) groups is 1. The summed E-state index contributed by atoms with van der Waals surface area (Å²) in [5, 5.41) is 8.80. The summed E-state index contributed by atoms with van der Waals surface area (Å²) in [7, 11) is 0. The molecule has 0 unspecified atom stereocenters. The maximum atomic E-state index is 11.8. The van der Waals surface area contributed by atoms with Gasteiger partial charge in [-0.1, -0.05) is 0 Å². The fourth-order valence-electron chi connectivity index (χ4n) is 1.11. The van der Waals surface area contributed by atoms with E-state index in [0.29, 0.717) is 12.2 Å². The lowest BCUT2D eigenvalue weighted by molar-refractivity contribution is 0.0660. The van der Waals surface area contributed by atoms with Gasteiger partial charge in [-0.25, -0.2) is 0 Å². The summed E-state index contributed by atoms with van der Waals surface area (Å²) in [5.74, 6) is -0.178. The van der Waals surface area contributed by atoms with Crippen molar-refractivity contribution in [2.75, 3.05) is 13.2 Å². The second-order valence-corrected chi connectivity index (χ2v) is 3.67. The number of rotatable bonds is 4. The van der Waals surface area contributed by atoms with Gasteiger partial charge in [0.15, 0.2) is 5.69 Å². The largest absolute Gasteiger partial charge is 0.395 e. The third kappa shape index (κ3) is 2.49. The molecule has 0 radical (unpaired) electrons. The highest BCUT2D eigenvalue weighted by Gasteiger charge is 2.19. The molecule has 5 nitrogen and oxygen atoms in total. The highest BCUT2D eigenvalue weighted by atomic mass is 32.1. The molecule has 0 saturated carbocycles. The molecule has 0 atom stereocenters. The maximum absolute atomic E-state index is 11.8. The highest BCUT2D eigenvalue weighted by Crippen LogP contribution is 2.05. The fraction of sp³-hybridized carbons (Fsp3) is 0.625. The Labute approximate surface area is 86.7 Å². The Kier molecular flexibility index (Phi) is 3.97. The highest BCUT2D eigenvalue weighted by molar-refractivity contribution is 6.99. The minimum absolute atomic E-state index is 0.0402. The first-order chi connectivity index (χ1) is 6.66. The minimum Gasteiger partial charge on any atom is -0.395 e. The summed E-state index contributed by atoms with van der Waals surface area (Å²) in [5.41, 5.74) is 0.345. The summed E-state index contributed by atoms with van der Waals surface area (Å²) < 4.78 is 7.63. The molecule has 1 amide bonds. The SMILES string of the molecule is CC(C)N(CCO)C(=O)c1cnsn1. The van der Waals surface area contributed by atoms with Crippen LogP contribution < -0.4 is 0 Å². The molecule has 1 aromatic rings. The van der Waals surface area contributed by atoms with Crippen molar-refractivity contribution in [2.45, 2.75) is 19.9 Å². The number of nitrogens with zero attached hydrogens (tertiary/aromatic N) is 3. The molecule has 0 fully saturated rings. The van der Waals surface area contributed by atoms with Crippen LogP contribution in [0.25, 0.3) is 0 Å². The van der Waals surface area contributed by atoms with Crippen molar-refractivity contribution >= 4 is 17.6 Å². The Morgan fingerprint density at radius 1 is 1.71 bits per heavy atom. The van der Waals surface area contributed by atoms with E-state index in [1.807, 2.05) is 13.8 Å². The molecule has 14 heavy (non-hydrogen) atoms. The van der Waals surface area contributed by atoms with Crippen molar-refractivity contribution in [1.82, 2.24) is 13.6 Å². The molecule has 6 heteroatoms. The normalized spacial score (nSPS) is 10.6. The molecular weight excluding hydrogens is 202 g/mol. The van der Waals surface area contributed by atoms with Gasteiger partial charge in [-0.15, -0.1) is 0 Å². The first-order valence-corrected chi connectivity index (χ1v) is 5.09. The first kappa shape index (κ1) is 11.1. The number of hydrogen-bond acceptors (Lipinski definition) is 5. The van der Waals surface area contributed by atoms with Crippen molar-refractivity contribution < 1.29 is 9.90 Å². The van der Waals surface area contributed by atoms with E-state index in [9.17, 15) is 4.79 Å². The van der Waals surface area contributed by atoms with Crippen LogP contribution in [0.5, 0.6) is 0 Å². The molecule has 0 aliphatic carbocycles. The lowest BCUT2D eigenvalue weighted by atomic mass is 10.3. The maximum Gasteiger partial charge on any atom is 0.275 e. The molecular formula is C8H13N3O2S. The molecule has 1 N–H and O–H groups in total. The number of amides is 1. The molecule has 0 bridgehead atoms. The van der Waals surface area contributed by atoms with Crippen LogP contribution in [-0.2, 0) is 0 Å². The van der Waals surface area contributed by atoms with Crippen molar-refractivity contribution in [3.8, 4) is 0 Å². The monoisotopic (exact) mass is 215 g/mol. The molecule has 1 aromatic heterocycles. The van der Waals surface area contributed by atoms with Crippen molar-refractivity contribution in [3.63, 3.8) is 0 Å². The van der Waals surface area contributed by atoms with Crippen LogP contribution in [0.15, 0.2) is 6.20 Å². The van der Waals surface area contributed by atoms with Crippen LogP contribution in [0.1, 0.15) is 24.3 Å². The Morgan fingerprint density at radius 3 is 2.86 bits per heavy atom. The minimum atomic E-state index is -0.178. The molecule has 1 heterocycles. The fourth-order valence-corrected chi connectivity index (χ4v) is 1.52. The third-order valence-corrected chi connectivity index (χ3v) is 2.28. The molecule has 0 aliphatic heterocycles. The topological polar surface area (TPSA) is 66.3 Å². The lowest BCUT2D eigenvalue weighted by Gasteiger charge is -2.24. The summed E-state index contributed by atoms with van der Waals surface area (Å²) in [4.78, 5) is 13.3. The Hall–Kier alpha value is -1.01. The van der Waals surface area contributed by atoms with Gasteiger partial charge < -0.3 is 10.0 Å². The summed E-state index contributed by atoms with van der Waals surface area (Å²) in [6.07, 6.45) is 1.44. The average molecular weight is 215 g/mol. The van der Waals surface area contributed by atoms with E-state index < -0.39 is 0 Å². The summed E-state index contributed by atoms with van der Waals surface area (Å²) in [6.45, 7) is 4.08. The number of aromatic nitrogens is 2. The van der Waals surface area contributed by atoms with Crippen LogP contribution in [0, 0.1) is 0 Å². The Balaban J connectivity index is 2.74. The van der Waals surface area contributed by atoms with Gasteiger partial charge in [0, 0.05) is 12.6 Å². The van der Waals surface area contributed by atoms with E-state index in [1.165, 1.54) is 6.20 Å². The smallest absolute Gasteiger partial charge is 0.275 e. The summed E-state index contributed by atoms with van der Waals surface area (Å²) >= 11 is 1.01. The Morgan fingerprint density at radius 2 is 2.43 bits per heavy atom.